The molecule has 102 valence electrons. The summed E-state index contributed by atoms with van der Waals surface area (Å²) < 4.78 is 5.52. The van der Waals surface area contributed by atoms with Crippen LogP contribution in [0.25, 0.3) is 0 Å². The van der Waals surface area contributed by atoms with E-state index in [9.17, 15) is 0 Å². The van der Waals surface area contributed by atoms with Crippen LogP contribution in [0.15, 0.2) is 24.3 Å². The van der Waals surface area contributed by atoms with Crippen LogP contribution in [0.4, 0.5) is 0 Å². The highest BCUT2D eigenvalue weighted by Crippen LogP contribution is 2.14. The average molecular weight is 281 g/mol. The van der Waals surface area contributed by atoms with Crippen LogP contribution in [0.3, 0.4) is 0 Å². The summed E-state index contributed by atoms with van der Waals surface area (Å²) in [5.41, 5.74) is 0. The number of rotatable bonds is 3. The van der Waals surface area contributed by atoms with Crippen LogP contribution < -0.4 is 14.5 Å². The van der Waals surface area contributed by atoms with Crippen molar-refractivity contribution in [1.82, 2.24) is 0 Å². The average Bonchev–Trinajstić information content (AvgIpc) is 2.43. The van der Waals surface area contributed by atoms with Crippen molar-refractivity contribution in [3.63, 3.8) is 0 Å². The number of halogens is 1. The molecule has 2 N–H and O–H groups in total. The fraction of sp³-hybridized carbons (Fsp3) is 0.467. The summed E-state index contributed by atoms with van der Waals surface area (Å²) in [7, 11) is 2.25. The van der Waals surface area contributed by atoms with Gasteiger partial charge >= 0.3 is 0 Å². The van der Waals surface area contributed by atoms with Gasteiger partial charge in [0.25, 0.3) is 0 Å². The standard InChI is InChI=1S/C15H19ClN2O/c1-17-9-11-18(12-10-17)8-2-3-13-19-15-6-4-14(16)5-7-15/h4-7H,8-13H2,1H3/p+2. The van der Waals surface area contributed by atoms with E-state index in [-0.39, 0.29) is 0 Å². The highest BCUT2D eigenvalue weighted by Gasteiger charge is 2.18. The van der Waals surface area contributed by atoms with Gasteiger partial charge in [0.1, 0.15) is 45.1 Å². The number of quaternary nitrogens is 2. The van der Waals surface area contributed by atoms with Crippen molar-refractivity contribution < 1.29 is 14.5 Å². The molecular weight excluding hydrogens is 260 g/mol. The summed E-state index contributed by atoms with van der Waals surface area (Å²) >= 11 is 5.80. The van der Waals surface area contributed by atoms with Gasteiger partial charge in [-0.15, -0.1) is 0 Å². The number of likely N-dealkylation sites (N-methyl/N-ethyl adjacent to an activating group) is 1. The number of benzene rings is 1. The highest BCUT2D eigenvalue weighted by molar-refractivity contribution is 6.30. The van der Waals surface area contributed by atoms with Gasteiger partial charge in [-0.1, -0.05) is 17.5 Å². The number of hydrogen-bond donors (Lipinski definition) is 2. The molecule has 0 radical (unpaired) electrons. The van der Waals surface area contributed by atoms with Crippen molar-refractivity contribution in [3.05, 3.63) is 29.3 Å². The summed E-state index contributed by atoms with van der Waals surface area (Å²) in [5, 5.41) is 0.722. The summed E-state index contributed by atoms with van der Waals surface area (Å²) in [6, 6.07) is 7.36. The molecule has 0 saturated carbocycles. The Hall–Kier alpha value is -1.21. The van der Waals surface area contributed by atoms with Gasteiger partial charge in [0.05, 0.1) is 7.05 Å². The minimum absolute atomic E-state index is 0.445. The van der Waals surface area contributed by atoms with E-state index in [1.807, 2.05) is 24.3 Å². The molecule has 1 saturated heterocycles. The predicted octanol–water partition coefficient (Wildman–Crippen LogP) is -0.865. The Kier molecular flexibility index (Phi) is 5.53. The van der Waals surface area contributed by atoms with Gasteiger partial charge in [-0.25, -0.2) is 0 Å². The molecule has 0 aromatic heterocycles. The van der Waals surface area contributed by atoms with E-state index in [0.717, 1.165) is 17.3 Å². The van der Waals surface area contributed by atoms with E-state index >= 15 is 0 Å². The van der Waals surface area contributed by atoms with Crippen LogP contribution in [0.2, 0.25) is 5.02 Å². The second-order valence-electron chi connectivity index (χ2n) is 4.98. The molecule has 0 spiro atoms. The third kappa shape index (κ3) is 5.12. The molecule has 4 heteroatoms. The van der Waals surface area contributed by atoms with Gasteiger partial charge in [0.15, 0.2) is 0 Å². The number of ether oxygens (including phenoxy) is 1. The number of hydrogen-bond acceptors (Lipinski definition) is 1. The monoisotopic (exact) mass is 280 g/mol. The molecule has 0 unspecified atom stereocenters. The number of nitrogens with one attached hydrogen (secondary N) is 2. The van der Waals surface area contributed by atoms with Gasteiger partial charge in [-0.2, -0.15) is 0 Å². The van der Waals surface area contributed by atoms with Crippen molar-refractivity contribution in [1.29, 1.82) is 0 Å². The molecule has 0 bridgehead atoms. The van der Waals surface area contributed by atoms with E-state index in [0.29, 0.717) is 6.61 Å². The summed E-state index contributed by atoms with van der Waals surface area (Å²) in [6.45, 7) is 6.31. The first kappa shape index (κ1) is 14.2. The van der Waals surface area contributed by atoms with Gasteiger partial charge in [-0.05, 0) is 30.2 Å². The topological polar surface area (TPSA) is 18.1 Å². The second-order valence-corrected chi connectivity index (χ2v) is 5.42. The lowest BCUT2D eigenvalue weighted by Gasteiger charge is -2.25. The molecule has 1 heterocycles. The molecular formula is C15H21ClN2O+2. The van der Waals surface area contributed by atoms with Gasteiger partial charge < -0.3 is 14.5 Å². The Morgan fingerprint density at radius 1 is 1.11 bits per heavy atom. The normalized spacial score (nSPS) is 22.4. The predicted molar refractivity (Wildman–Crippen MR) is 76.9 cm³/mol. The maximum atomic E-state index is 5.80. The van der Waals surface area contributed by atoms with Crippen LogP contribution in [0.5, 0.6) is 5.75 Å². The lowest BCUT2D eigenvalue weighted by Crippen LogP contribution is -3.26. The molecule has 2 rings (SSSR count). The fourth-order valence-electron chi connectivity index (χ4n) is 2.10. The van der Waals surface area contributed by atoms with Crippen LogP contribution in [-0.4, -0.2) is 46.4 Å². The Morgan fingerprint density at radius 3 is 2.47 bits per heavy atom. The first-order chi connectivity index (χ1) is 9.24. The van der Waals surface area contributed by atoms with Gasteiger partial charge in [0.2, 0.25) is 0 Å². The Bertz CT molecular complexity index is 441. The third-order valence-corrected chi connectivity index (χ3v) is 3.65. The van der Waals surface area contributed by atoms with Crippen molar-refractivity contribution >= 4 is 11.6 Å². The molecule has 0 aliphatic carbocycles. The van der Waals surface area contributed by atoms with Crippen LogP contribution in [-0.2, 0) is 0 Å². The first-order valence-electron chi connectivity index (χ1n) is 6.73. The second kappa shape index (κ2) is 7.40. The van der Waals surface area contributed by atoms with Crippen LogP contribution in [0.1, 0.15) is 0 Å². The quantitative estimate of drug-likeness (QED) is 0.690. The van der Waals surface area contributed by atoms with Crippen LogP contribution in [0, 0.1) is 11.8 Å². The first-order valence-corrected chi connectivity index (χ1v) is 7.11. The molecule has 3 nitrogen and oxygen atoms in total. The molecule has 0 atom stereocenters. The van der Waals surface area contributed by atoms with Gasteiger partial charge in [0, 0.05) is 5.02 Å². The zero-order valence-electron chi connectivity index (χ0n) is 11.3. The smallest absolute Gasteiger partial charge is 0.149 e. The summed E-state index contributed by atoms with van der Waals surface area (Å²) in [4.78, 5) is 3.22. The molecule has 0 amide bonds. The zero-order chi connectivity index (χ0) is 13.5. The minimum Gasteiger partial charge on any atom is -0.481 e. The third-order valence-electron chi connectivity index (χ3n) is 3.40. The Balaban J connectivity index is 1.66. The molecule has 1 aliphatic rings. The van der Waals surface area contributed by atoms with E-state index in [4.69, 9.17) is 16.3 Å². The lowest BCUT2D eigenvalue weighted by atomic mass is 10.3. The largest absolute Gasteiger partial charge is 0.481 e. The molecule has 1 aromatic rings. The molecule has 1 aliphatic heterocycles. The minimum atomic E-state index is 0.445. The van der Waals surface area contributed by atoms with E-state index in [2.05, 4.69) is 18.9 Å². The molecule has 1 aromatic carbocycles. The van der Waals surface area contributed by atoms with Crippen molar-refractivity contribution in [2.45, 2.75) is 0 Å². The Labute approximate surface area is 120 Å². The van der Waals surface area contributed by atoms with Crippen molar-refractivity contribution in [2.24, 2.45) is 0 Å². The van der Waals surface area contributed by atoms with Crippen molar-refractivity contribution in [2.75, 3.05) is 46.4 Å². The summed E-state index contributed by atoms with van der Waals surface area (Å²) in [5.74, 6) is 7.09. The van der Waals surface area contributed by atoms with Crippen molar-refractivity contribution in [3.8, 4) is 17.6 Å². The molecule has 19 heavy (non-hydrogen) atoms. The SMILES string of the molecule is C[NH+]1CC[NH+](CC#CCOc2ccc(Cl)cc2)CC1. The van der Waals surface area contributed by atoms with Crippen LogP contribution >= 0.6 is 11.6 Å². The van der Waals surface area contributed by atoms with E-state index in [1.54, 1.807) is 9.80 Å². The number of piperazine rings is 1. The van der Waals surface area contributed by atoms with Gasteiger partial charge in [-0.3, -0.25) is 0 Å². The summed E-state index contributed by atoms with van der Waals surface area (Å²) in [6.07, 6.45) is 0. The zero-order valence-corrected chi connectivity index (χ0v) is 12.1. The lowest BCUT2D eigenvalue weighted by molar-refractivity contribution is -1.000. The highest BCUT2D eigenvalue weighted by atomic mass is 35.5. The maximum absolute atomic E-state index is 5.80. The Morgan fingerprint density at radius 2 is 1.79 bits per heavy atom. The molecule has 1 fully saturated rings. The fourth-order valence-corrected chi connectivity index (χ4v) is 2.22. The van der Waals surface area contributed by atoms with E-state index in [1.165, 1.54) is 26.2 Å². The maximum Gasteiger partial charge on any atom is 0.149 e. The van der Waals surface area contributed by atoms with E-state index < -0.39 is 0 Å².